The van der Waals surface area contributed by atoms with Crippen molar-refractivity contribution < 1.29 is 23.6 Å². The van der Waals surface area contributed by atoms with E-state index in [1.54, 1.807) is 6.92 Å². The summed E-state index contributed by atoms with van der Waals surface area (Å²) in [5.74, 6) is 0. The Morgan fingerprint density at radius 1 is 1.60 bits per heavy atom. The molecule has 1 aliphatic heterocycles. The first-order chi connectivity index (χ1) is 3.99. The average molecular weight is 192 g/mol. The van der Waals surface area contributed by atoms with Crippen molar-refractivity contribution >= 4 is 45.6 Å². The monoisotopic (exact) mass is 192 g/mol. The molecule has 10 heavy (non-hydrogen) atoms. The predicted octanol–water partition coefficient (Wildman–Crippen LogP) is -1.80. The molecule has 0 saturated carbocycles. The molecule has 1 heterocycles. The third kappa shape index (κ3) is 4.26. The van der Waals surface area contributed by atoms with Gasteiger partial charge in [0.05, 0.1) is 7.82 Å². The molecule has 2 atom stereocenters. The first-order valence-electron chi connectivity index (χ1n) is 2.35. The SMILES string of the molecule is C[C@@H]1O[C@@H]1OP(=O)([O-])[O-].[Ca+2]. The largest absolute Gasteiger partial charge is 2.00 e. The van der Waals surface area contributed by atoms with Crippen molar-refractivity contribution in [2.24, 2.45) is 0 Å². The fraction of sp³-hybridized carbons (Fsp3) is 1.00. The van der Waals surface area contributed by atoms with Gasteiger partial charge < -0.3 is 23.6 Å². The van der Waals surface area contributed by atoms with Gasteiger partial charge in [0, 0.05) is 0 Å². The molecule has 0 radical (unpaired) electrons. The first kappa shape index (κ1) is 11.3. The Balaban J connectivity index is 0.000000810. The Labute approximate surface area is 87.9 Å². The van der Waals surface area contributed by atoms with Crippen molar-refractivity contribution in [3.63, 3.8) is 0 Å². The minimum Gasteiger partial charge on any atom is -0.790 e. The van der Waals surface area contributed by atoms with Crippen molar-refractivity contribution in [1.82, 2.24) is 0 Å². The van der Waals surface area contributed by atoms with E-state index in [2.05, 4.69) is 9.26 Å². The van der Waals surface area contributed by atoms with Gasteiger partial charge in [-0.3, -0.25) is 0 Å². The number of ether oxygens (including phenoxy) is 1. The molecule has 0 aromatic carbocycles. The maximum absolute atomic E-state index is 9.80. The van der Waals surface area contributed by atoms with Crippen LogP contribution in [0.4, 0.5) is 0 Å². The van der Waals surface area contributed by atoms with Crippen LogP contribution in [0.2, 0.25) is 0 Å². The second-order valence-corrected chi connectivity index (χ2v) is 2.87. The molecule has 1 saturated heterocycles. The summed E-state index contributed by atoms with van der Waals surface area (Å²) in [5.41, 5.74) is 0. The number of hydrogen-bond acceptors (Lipinski definition) is 5. The Kier molecular flexibility index (Phi) is 4.33. The number of hydrogen-bond donors (Lipinski definition) is 0. The zero-order valence-electron chi connectivity index (χ0n) is 5.35. The second-order valence-electron chi connectivity index (χ2n) is 1.76. The molecule has 7 heteroatoms. The number of phosphoric acid groups is 1. The minimum absolute atomic E-state index is 0. The van der Waals surface area contributed by atoms with E-state index in [4.69, 9.17) is 0 Å². The zero-order chi connectivity index (χ0) is 7.07. The van der Waals surface area contributed by atoms with Crippen molar-refractivity contribution in [3.05, 3.63) is 0 Å². The van der Waals surface area contributed by atoms with E-state index in [9.17, 15) is 14.4 Å². The summed E-state index contributed by atoms with van der Waals surface area (Å²) in [7, 11) is -4.82. The van der Waals surface area contributed by atoms with E-state index < -0.39 is 14.1 Å². The molecule has 0 bridgehead atoms. The van der Waals surface area contributed by atoms with E-state index in [0.29, 0.717) is 0 Å². The molecule has 0 N–H and O–H groups in total. The van der Waals surface area contributed by atoms with Gasteiger partial charge in [-0.15, -0.1) is 0 Å². The Morgan fingerprint density at radius 2 is 2.00 bits per heavy atom. The summed E-state index contributed by atoms with van der Waals surface area (Å²) in [6.45, 7) is 1.61. The molecule has 1 aliphatic rings. The maximum atomic E-state index is 9.80. The summed E-state index contributed by atoms with van der Waals surface area (Å²) in [6.07, 6.45) is -1.09. The number of epoxide rings is 1. The molecular weight excluding hydrogens is 187 g/mol. The normalized spacial score (nSPS) is 31.1. The summed E-state index contributed by atoms with van der Waals surface area (Å²) >= 11 is 0. The Morgan fingerprint density at radius 3 is 2.10 bits per heavy atom. The summed E-state index contributed by atoms with van der Waals surface area (Å²) in [5, 5.41) is 0. The van der Waals surface area contributed by atoms with Gasteiger partial charge in [0.15, 0.2) is 6.29 Å². The molecule has 5 nitrogen and oxygen atoms in total. The topological polar surface area (TPSA) is 85.0 Å². The van der Waals surface area contributed by atoms with Crippen molar-refractivity contribution in [2.75, 3.05) is 0 Å². The van der Waals surface area contributed by atoms with Crippen LogP contribution in [0.15, 0.2) is 0 Å². The maximum Gasteiger partial charge on any atom is 2.00 e. The fourth-order valence-electron chi connectivity index (χ4n) is 0.404. The van der Waals surface area contributed by atoms with Crippen LogP contribution in [0.25, 0.3) is 0 Å². The minimum atomic E-state index is -4.82. The van der Waals surface area contributed by atoms with E-state index in [0.717, 1.165) is 0 Å². The molecule has 0 unspecified atom stereocenters. The fourth-order valence-corrected chi connectivity index (χ4v) is 0.880. The molecule has 54 valence electrons. The number of rotatable bonds is 2. The number of phosphoric ester groups is 1. The standard InChI is InChI=1S/C3H7O5P.Ca/c1-2-3(7-2)8-9(4,5)6;/h2-3H,1H3,(H2,4,5,6);/q;+2/p-2/t2-,3+;/m0./s1. The molecule has 0 spiro atoms. The Hall–Kier alpha value is 1.33. The van der Waals surface area contributed by atoms with Crippen LogP contribution in [-0.2, 0) is 13.8 Å². The molecular formula is C3H5CaO5P. The third-order valence-corrected chi connectivity index (χ3v) is 1.35. The van der Waals surface area contributed by atoms with Crippen LogP contribution in [0.5, 0.6) is 0 Å². The van der Waals surface area contributed by atoms with Crippen LogP contribution in [-0.4, -0.2) is 50.1 Å². The van der Waals surface area contributed by atoms with E-state index in [1.165, 1.54) is 0 Å². The zero-order valence-corrected chi connectivity index (χ0v) is 8.45. The summed E-state index contributed by atoms with van der Waals surface area (Å²) < 4.78 is 18.2. The van der Waals surface area contributed by atoms with Crippen LogP contribution in [0, 0.1) is 0 Å². The van der Waals surface area contributed by atoms with Gasteiger partial charge in [0.25, 0.3) is 0 Å². The smallest absolute Gasteiger partial charge is 0.790 e. The van der Waals surface area contributed by atoms with Gasteiger partial charge in [-0.2, -0.15) is 0 Å². The van der Waals surface area contributed by atoms with E-state index in [1.807, 2.05) is 0 Å². The second kappa shape index (κ2) is 3.83. The predicted molar refractivity (Wildman–Crippen MR) is 28.8 cm³/mol. The van der Waals surface area contributed by atoms with Gasteiger partial charge >= 0.3 is 37.7 Å². The molecule has 0 aromatic rings. The van der Waals surface area contributed by atoms with Crippen molar-refractivity contribution in [2.45, 2.75) is 19.3 Å². The van der Waals surface area contributed by atoms with Crippen LogP contribution in [0.3, 0.4) is 0 Å². The van der Waals surface area contributed by atoms with E-state index >= 15 is 0 Å². The molecule has 0 amide bonds. The van der Waals surface area contributed by atoms with E-state index in [-0.39, 0.29) is 43.8 Å². The summed E-state index contributed by atoms with van der Waals surface area (Å²) in [4.78, 5) is 19.6. The molecule has 1 rings (SSSR count). The third-order valence-electron chi connectivity index (χ3n) is 0.888. The van der Waals surface area contributed by atoms with Gasteiger partial charge in [0.1, 0.15) is 6.10 Å². The van der Waals surface area contributed by atoms with Gasteiger partial charge in [-0.25, -0.2) is 0 Å². The quantitative estimate of drug-likeness (QED) is 0.292. The molecule has 0 aromatic heterocycles. The van der Waals surface area contributed by atoms with Crippen molar-refractivity contribution in [3.8, 4) is 0 Å². The van der Waals surface area contributed by atoms with Crippen molar-refractivity contribution in [1.29, 1.82) is 0 Å². The average Bonchev–Trinajstić information content (AvgIpc) is 2.13. The molecule has 0 aliphatic carbocycles. The van der Waals surface area contributed by atoms with Crippen LogP contribution < -0.4 is 9.79 Å². The molecule has 1 fully saturated rings. The summed E-state index contributed by atoms with van der Waals surface area (Å²) in [6, 6.07) is 0. The van der Waals surface area contributed by atoms with Crippen LogP contribution in [0.1, 0.15) is 6.92 Å². The first-order valence-corrected chi connectivity index (χ1v) is 3.81. The van der Waals surface area contributed by atoms with Crippen LogP contribution >= 0.6 is 7.82 Å². The van der Waals surface area contributed by atoms with Gasteiger partial charge in [0.2, 0.25) is 0 Å². The Bertz CT molecular complexity index is 155. The van der Waals surface area contributed by atoms with Gasteiger partial charge in [-0.1, -0.05) is 0 Å². The van der Waals surface area contributed by atoms with Gasteiger partial charge in [-0.05, 0) is 6.92 Å².